The van der Waals surface area contributed by atoms with Gasteiger partial charge in [0.25, 0.3) is 0 Å². The molecule has 1 aromatic carbocycles. The lowest BCUT2D eigenvalue weighted by molar-refractivity contribution is 0.286. The average Bonchev–Trinajstić information content (AvgIpc) is 2.91. The van der Waals surface area contributed by atoms with E-state index in [-0.39, 0.29) is 5.82 Å². The Hall–Kier alpha value is -1.09. The van der Waals surface area contributed by atoms with Crippen LogP contribution in [0.25, 0.3) is 0 Å². The lowest BCUT2D eigenvalue weighted by atomic mass is 9.88. The van der Waals surface area contributed by atoms with Crippen molar-refractivity contribution in [2.75, 3.05) is 11.9 Å². The molecule has 0 aromatic heterocycles. The largest absolute Gasteiger partial charge is 0.380 e. The van der Waals surface area contributed by atoms with Crippen molar-refractivity contribution in [2.24, 2.45) is 5.92 Å². The molecule has 19 heavy (non-hydrogen) atoms. The maximum Gasteiger partial charge on any atom is 0.146 e. The Morgan fingerprint density at radius 2 is 1.95 bits per heavy atom. The molecule has 2 fully saturated rings. The van der Waals surface area contributed by atoms with E-state index in [9.17, 15) is 4.39 Å². The van der Waals surface area contributed by atoms with Crippen LogP contribution in [0.2, 0.25) is 0 Å². The standard InChI is InChI=1S/C16H23FN2/c17-13-7-1-2-9-16(13)19-15-10-5-6-12(15)14-8-3-4-11-18-14/h1-2,7,9,12,14-15,18-19H,3-6,8,10-11H2. The van der Waals surface area contributed by atoms with Crippen LogP contribution in [0, 0.1) is 11.7 Å². The number of hydrogen-bond acceptors (Lipinski definition) is 2. The van der Waals surface area contributed by atoms with Crippen LogP contribution in [0.1, 0.15) is 38.5 Å². The first-order chi connectivity index (χ1) is 9.34. The molecule has 3 heteroatoms. The van der Waals surface area contributed by atoms with Gasteiger partial charge in [0.15, 0.2) is 0 Å². The molecule has 1 heterocycles. The van der Waals surface area contributed by atoms with Crippen molar-refractivity contribution < 1.29 is 4.39 Å². The monoisotopic (exact) mass is 262 g/mol. The highest BCUT2D eigenvalue weighted by Crippen LogP contribution is 2.34. The van der Waals surface area contributed by atoms with E-state index in [4.69, 9.17) is 0 Å². The molecular weight excluding hydrogens is 239 g/mol. The number of halogens is 1. The topological polar surface area (TPSA) is 24.1 Å². The van der Waals surface area contributed by atoms with Gasteiger partial charge in [-0.05, 0) is 50.3 Å². The van der Waals surface area contributed by atoms with Gasteiger partial charge in [-0.2, -0.15) is 0 Å². The van der Waals surface area contributed by atoms with Crippen molar-refractivity contribution in [1.29, 1.82) is 0 Å². The van der Waals surface area contributed by atoms with Gasteiger partial charge in [-0.3, -0.25) is 0 Å². The Bertz CT molecular complexity index is 415. The Kier molecular flexibility index (Phi) is 4.02. The number of piperidine rings is 1. The normalized spacial score (nSPS) is 31.3. The Morgan fingerprint density at radius 1 is 1.05 bits per heavy atom. The molecule has 1 aliphatic heterocycles. The quantitative estimate of drug-likeness (QED) is 0.870. The summed E-state index contributed by atoms with van der Waals surface area (Å²) < 4.78 is 13.7. The van der Waals surface area contributed by atoms with Crippen molar-refractivity contribution in [3.63, 3.8) is 0 Å². The van der Waals surface area contributed by atoms with Gasteiger partial charge in [0.05, 0.1) is 5.69 Å². The van der Waals surface area contributed by atoms with Crippen molar-refractivity contribution in [3.05, 3.63) is 30.1 Å². The molecule has 1 aromatic rings. The highest BCUT2D eigenvalue weighted by Gasteiger charge is 2.34. The predicted octanol–water partition coefficient (Wildman–Crippen LogP) is 3.55. The zero-order valence-electron chi connectivity index (χ0n) is 11.4. The molecular formula is C16H23FN2. The van der Waals surface area contributed by atoms with E-state index in [1.807, 2.05) is 12.1 Å². The van der Waals surface area contributed by atoms with Gasteiger partial charge in [-0.1, -0.05) is 25.0 Å². The molecule has 3 unspecified atom stereocenters. The third kappa shape index (κ3) is 2.92. The Labute approximate surface area is 114 Å². The summed E-state index contributed by atoms with van der Waals surface area (Å²) in [4.78, 5) is 0. The van der Waals surface area contributed by atoms with Crippen LogP contribution in [-0.4, -0.2) is 18.6 Å². The molecule has 0 spiro atoms. The summed E-state index contributed by atoms with van der Waals surface area (Å²) in [7, 11) is 0. The molecule has 0 bridgehead atoms. The SMILES string of the molecule is Fc1ccccc1NC1CCCC1C1CCCCN1. The Morgan fingerprint density at radius 3 is 2.74 bits per heavy atom. The minimum absolute atomic E-state index is 0.134. The maximum absolute atomic E-state index is 13.7. The number of nitrogens with one attached hydrogen (secondary N) is 2. The van der Waals surface area contributed by atoms with Gasteiger partial charge in [0, 0.05) is 12.1 Å². The summed E-state index contributed by atoms with van der Waals surface area (Å²) in [5.74, 6) is 0.518. The van der Waals surface area contributed by atoms with Crippen LogP contribution in [0.3, 0.4) is 0 Å². The zero-order chi connectivity index (χ0) is 13.1. The molecule has 1 saturated heterocycles. The number of hydrogen-bond donors (Lipinski definition) is 2. The average molecular weight is 262 g/mol. The van der Waals surface area contributed by atoms with Crippen molar-refractivity contribution in [2.45, 2.75) is 50.6 Å². The maximum atomic E-state index is 13.7. The molecule has 3 atom stereocenters. The zero-order valence-corrected chi connectivity index (χ0v) is 11.4. The number of anilines is 1. The van der Waals surface area contributed by atoms with Gasteiger partial charge >= 0.3 is 0 Å². The summed E-state index contributed by atoms with van der Waals surface area (Å²) in [6.07, 6.45) is 7.60. The van der Waals surface area contributed by atoms with Gasteiger partial charge < -0.3 is 10.6 Å². The van der Waals surface area contributed by atoms with Gasteiger partial charge in [0.1, 0.15) is 5.82 Å². The second-order valence-electron chi connectivity index (χ2n) is 5.88. The third-order valence-electron chi connectivity index (χ3n) is 4.65. The highest BCUT2D eigenvalue weighted by molar-refractivity contribution is 5.45. The summed E-state index contributed by atoms with van der Waals surface area (Å²) >= 11 is 0. The van der Waals surface area contributed by atoms with E-state index in [1.165, 1.54) is 38.2 Å². The van der Waals surface area contributed by atoms with Gasteiger partial charge in [0.2, 0.25) is 0 Å². The van der Waals surface area contributed by atoms with E-state index in [0.29, 0.717) is 23.7 Å². The second kappa shape index (κ2) is 5.91. The lowest BCUT2D eigenvalue weighted by Crippen LogP contribution is -2.44. The van der Waals surface area contributed by atoms with E-state index in [1.54, 1.807) is 6.07 Å². The first kappa shape index (κ1) is 12.9. The molecule has 3 rings (SSSR count). The first-order valence-electron chi connectivity index (χ1n) is 7.59. The van der Waals surface area contributed by atoms with Crippen LogP contribution in [0.5, 0.6) is 0 Å². The van der Waals surface area contributed by atoms with E-state index in [2.05, 4.69) is 10.6 Å². The number of benzene rings is 1. The van der Waals surface area contributed by atoms with Crippen LogP contribution in [0.15, 0.2) is 24.3 Å². The third-order valence-corrected chi connectivity index (χ3v) is 4.65. The summed E-state index contributed by atoms with van der Waals surface area (Å²) in [5.41, 5.74) is 0.662. The molecule has 2 aliphatic rings. The fourth-order valence-corrected chi connectivity index (χ4v) is 3.67. The first-order valence-corrected chi connectivity index (χ1v) is 7.59. The van der Waals surface area contributed by atoms with Crippen LogP contribution in [0.4, 0.5) is 10.1 Å². The lowest BCUT2D eigenvalue weighted by Gasteiger charge is -2.33. The second-order valence-corrected chi connectivity index (χ2v) is 5.88. The summed E-state index contributed by atoms with van der Waals surface area (Å²) in [6.45, 7) is 1.15. The van der Waals surface area contributed by atoms with Crippen LogP contribution >= 0.6 is 0 Å². The molecule has 1 aliphatic carbocycles. The fourth-order valence-electron chi connectivity index (χ4n) is 3.67. The Balaban J connectivity index is 1.67. The fraction of sp³-hybridized carbons (Fsp3) is 0.625. The number of rotatable bonds is 3. The van der Waals surface area contributed by atoms with Crippen LogP contribution in [-0.2, 0) is 0 Å². The summed E-state index contributed by atoms with van der Waals surface area (Å²) in [5, 5.41) is 7.10. The molecule has 104 valence electrons. The minimum Gasteiger partial charge on any atom is -0.380 e. The van der Waals surface area contributed by atoms with Crippen molar-refractivity contribution in [1.82, 2.24) is 5.32 Å². The number of para-hydroxylation sites is 1. The highest BCUT2D eigenvalue weighted by atomic mass is 19.1. The van der Waals surface area contributed by atoms with Crippen molar-refractivity contribution in [3.8, 4) is 0 Å². The smallest absolute Gasteiger partial charge is 0.146 e. The van der Waals surface area contributed by atoms with Crippen LogP contribution < -0.4 is 10.6 Å². The van der Waals surface area contributed by atoms with Crippen molar-refractivity contribution >= 4 is 5.69 Å². The predicted molar refractivity (Wildman–Crippen MR) is 76.8 cm³/mol. The van der Waals surface area contributed by atoms with Gasteiger partial charge in [-0.15, -0.1) is 0 Å². The van der Waals surface area contributed by atoms with E-state index < -0.39 is 0 Å². The van der Waals surface area contributed by atoms with Gasteiger partial charge in [-0.25, -0.2) is 4.39 Å². The molecule has 0 radical (unpaired) electrons. The van der Waals surface area contributed by atoms with E-state index >= 15 is 0 Å². The molecule has 2 nitrogen and oxygen atoms in total. The molecule has 2 N–H and O–H groups in total. The minimum atomic E-state index is -0.134. The summed E-state index contributed by atoms with van der Waals surface area (Å²) in [6, 6.07) is 8.07. The molecule has 0 amide bonds. The van der Waals surface area contributed by atoms with E-state index in [0.717, 1.165) is 13.0 Å². The molecule has 1 saturated carbocycles.